The number of carbonyl (C=O) groups is 3. The highest BCUT2D eigenvalue weighted by atomic mass is 19.3. The number of anilines is 2. The van der Waals surface area contributed by atoms with Gasteiger partial charge in [0, 0.05) is 58.6 Å². The van der Waals surface area contributed by atoms with E-state index in [-0.39, 0.29) is 53.2 Å². The van der Waals surface area contributed by atoms with E-state index in [1.54, 1.807) is 13.1 Å². The average Bonchev–Trinajstić information content (AvgIpc) is 3.92. The van der Waals surface area contributed by atoms with E-state index < -0.39 is 49.0 Å². The molecule has 3 aliphatic heterocycles. The number of nitrogens with zero attached hydrogens (tertiary/aromatic N) is 10. The van der Waals surface area contributed by atoms with Crippen LogP contribution in [0.1, 0.15) is 78.6 Å². The smallest absolute Gasteiger partial charge is 0.329 e. The zero-order valence-corrected chi connectivity index (χ0v) is 33.4. The Bertz CT molecular complexity index is 2630. The number of carbonyl (C=O) groups excluding carboxylic acids is 3. The van der Waals surface area contributed by atoms with Crippen molar-refractivity contribution in [1.29, 1.82) is 0 Å². The minimum Gasteiger partial charge on any atom is -0.344 e. The number of piperidine rings is 1. The number of rotatable bonds is 9. The second-order valence-electron chi connectivity index (χ2n) is 16.4. The van der Waals surface area contributed by atoms with Gasteiger partial charge in [-0.05, 0) is 56.2 Å². The molecule has 3 amide bonds. The summed E-state index contributed by atoms with van der Waals surface area (Å²) in [5.41, 5.74) is 1.10. The molecule has 3 saturated heterocycles. The number of fused-ring (bicyclic) bond motifs is 2. The van der Waals surface area contributed by atoms with Crippen LogP contribution in [-0.4, -0.2) is 119 Å². The largest absolute Gasteiger partial charge is 0.344 e. The maximum atomic E-state index is 14.2. The average molecular weight is 845 g/mol. The summed E-state index contributed by atoms with van der Waals surface area (Å²) in [4.78, 5) is 61.4. The number of aryl methyl sites for hydroxylation is 1. The van der Waals surface area contributed by atoms with Crippen LogP contribution >= 0.6 is 0 Å². The second-order valence-corrected chi connectivity index (χ2v) is 16.4. The van der Waals surface area contributed by atoms with Crippen molar-refractivity contribution in [1.82, 2.24) is 48.6 Å². The minimum atomic E-state index is -2.93. The summed E-state index contributed by atoms with van der Waals surface area (Å²) in [5.74, 6) is 2.90. The van der Waals surface area contributed by atoms with Gasteiger partial charge >= 0.3 is 5.69 Å². The second kappa shape index (κ2) is 16.1. The van der Waals surface area contributed by atoms with Crippen molar-refractivity contribution < 1.29 is 31.9 Å². The first-order valence-electron chi connectivity index (χ1n) is 20.4. The number of piperazine rings is 1. The van der Waals surface area contributed by atoms with Gasteiger partial charge in [-0.1, -0.05) is 17.9 Å². The van der Waals surface area contributed by atoms with Crippen LogP contribution in [0.15, 0.2) is 47.7 Å². The molecule has 4 aromatic heterocycles. The number of imide groups is 1. The quantitative estimate of drug-likeness (QED) is 0.128. The number of benzene rings is 1. The predicted octanol–water partition coefficient (Wildman–Crippen LogP) is 3.60. The van der Waals surface area contributed by atoms with E-state index in [0.29, 0.717) is 29.1 Å². The maximum absolute atomic E-state index is 14.2. The van der Waals surface area contributed by atoms with E-state index in [4.69, 9.17) is 0 Å². The third-order valence-corrected chi connectivity index (χ3v) is 12.3. The molecule has 5 aromatic rings. The van der Waals surface area contributed by atoms with Crippen molar-refractivity contribution in [2.75, 3.05) is 62.6 Å². The van der Waals surface area contributed by atoms with Crippen LogP contribution in [0.3, 0.4) is 0 Å². The van der Waals surface area contributed by atoms with Gasteiger partial charge in [0.25, 0.3) is 18.3 Å². The van der Waals surface area contributed by atoms with Crippen LogP contribution in [0.5, 0.6) is 0 Å². The van der Waals surface area contributed by atoms with Gasteiger partial charge in [-0.25, -0.2) is 31.9 Å². The van der Waals surface area contributed by atoms with Gasteiger partial charge in [0.2, 0.25) is 11.8 Å². The standard InChI is InChI=1S/C41H44F4N12O4/c1-51-35-26(4-2-6-30(35)57(40(51)61)31-11-12-33(58)49-39(31)60)5-3-14-52-16-18-53(19-17-52)21-25-7-9-27(10-8-25)56-22-29(34(50-56)36(42)43)47-38(59)28-20-46-55-15-13-32(48-37(28)55)54-23-41(44,45)24-54/h2,4,6,13,15,20,22,25,27,31,36H,7-12,14,16-19,21,23-24H2,1H3,(H,47,59)(H,49,58,60). The zero-order chi connectivity index (χ0) is 42.6. The Labute approximate surface area is 346 Å². The van der Waals surface area contributed by atoms with Gasteiger partial charge in [0.1, 0.15) is 17.4 Å². The molecule has 7 heterocycles. The summed E-state index contributed by atoms with van der Waals surface area (Å²) >= 11 is 0. The molecule has 61 heavy (non-hydrogen) atoms. The number of hydrogen-bond donors (Lipinski definition) is 2. The number of halogens is 4. The molecule has 0 radical (unpaired) electrons. The van der Waals surface area contributed by atoms with E-state index in [0.717, 1.165) is 58.4 Å². The van der Waals surface area contributed by atoms with Gasteiger partial charge in [0.15, 0.2) is 11.3 Å². The maximum Gasteiger partial charge on any atom is 0.329 e. The van der Waals surface area contributed by atoms with Gasteiger partial charge in [-0.15, -0.1) is 0 Å². The van der Waals surface area contributed by atoms with Crippen LogP contribution in [-0.2, 0) is 16.6 Å². The third-order valence-electron chi connectivity index (χ3n) is 12.3. The van der Waals surface area contributed by atoms with Gasteiger partial charge in [-0.2, -0.15) is 10.2 Å². The van der Waals surface area contributed by atoms with E-state index in [9.17, 15) is 36.7 Å². The molecule has 16 nitrogen and oxygen atoms in total. The normalized spacial score (nSPS) is 22.3. The van der Waals surface area contributed by atoms with Crippen molar-refractivity contribution in [2.24, 2.45) is 13.0 Å². The molecule has 4 fully saturated rings. The molecule has 1 unspecified atom stereocenters. The molecule has 4 aliphatic rings. The topological polar surface area (TPSA) is 160 Å². The number of nitrogens with one attached hydrogen (secondary N) is 2. The lowest BCUT2D eigenvalue weighted by Gasteiger charge is -2.39. The van der Waals surface area contributed by atoms with Crippen LogP contribution < -0.4 is 21.2 Å². The Morgan fingerprint density at radius 2 is 1.77 bits per heavy atom. The van der Waals surface area contributed by atoms with Crippen LogP contribution in [0.4, 0.5) is 29.1 Å². The highest BCUT2D eigenvalue weighted by Gasteiger charge is 2.44. The molecule has 0 bridgehead atoms. The first-order chi connectivity index (χ1) is 29.3. The molecule has 1 saturated carbocycles. The number of imidazole rings is 1. The number of alkyl halides is 4. The van der Waals surface area contributed by atoms with Crippen molar-refractivity contribution in [3.63, 3.8) is 0 Å². The molecule has 2 N–H and O–H groups in total. The fourth-order valence-electron chi connectivity index (χ4n) is 9.01. The number of para-hydroxylation sites is 1. The van der Waals surface area contributed by atoms with Crippen molar-refractivity contribution in [2.45, 2.75) is 63.0 Å². The molecule has 320 valence electrons. The fourth-order valence-corrected chi connectivity index (χ4v) is 9.01. The molecule has 1 aromatic carbocycles. The lowest BCUT2D eigenvalue weighted by molar-refractivity contribution is -0.135. The zero-order valence-electron chi connectivity index (χ0n) is 33.4. The van der Waals surface area contributed by atoms with E-state index in [2.05, 4.69) is 47.5 Å². The Kier molecular flexibility index (Phi) is 10.6. The van der Waals surface area contributed by atoms with Crippen LogP contribution in [0.2, 0.25) is 0 Å². The van der Waals surface area contributed by atoms with E-state index >= 15 is 0 Å². The summed E-state index contributed by atoms with van der Waals surface area (Å²) < 4.78 is 61.1. The lowest BCUT2D eigenvalue weighted by atomic mass is 9.85. The predicted molar refractivity (Wildman–Crippen MR) is 215 cm³/mol. The summed E-state index contributed by atoms with van der Waals surface area (Å²) in [6.45, 7) is 3.99. The Balaban J connectivity index is 0.767. The highest BCUT2D eigenvalue weighted by molar-refractivity contribution is 6.08. The van der Waals surface area contributed by atoms with Crippen LogP contribution in [0.25, 0.3) is 16.7 Å². The summed E-state index contributed by atoms with van der Waals surface area (Å²) in [7, 11) is 1.66. The lowest BCUT2D eigenvalue weighted by Crippen LogP contribution is -2.56. The monoisotopic (exact) mass is 844 g/mol. The Morgan fingerprint density at radius 3 is 2.49 bits per heavy atom. The van der Waals surface area contributed by atoms with Gasteiger partial charge in [-0.3, -0.25) is 38.4 Å². The number of amides is 3. The van der Waals surface area contributed by atoms with Crippen molar-refractivity contribution in [3.05, 3.63) is 70.2 Å². The molecule has 20 heteroatoms. The molecule has 1 atom stereocenters. The first kappa shape index (κ1) is 40.3. The van der Waals surface area contributed by atoms with Gasteiger partial charge < -0.3 is 15.1 Å². The Hall–Kier alpha value is -6.07. The third kappa shape index (κ3) is 7.99. The number of hydrogen-bond acceptors (Lipinski definition) is 10. The number of aromatic nitrogens is 7. The van der Waals surface area contributed by atoms with Crippen molar-refractivity contribution >= 4 is 45.9 Å². The fraction of sp³-hybridized carbons (Fsp3) is 0.488. The molecular weight excluding hydrogens is 801 g/mol. The summed E-state index contributed by atoms with van der Waals surface area (Å²) in [6, 6.07) is 6.13. The van der Waals surface area contributed by atoms with Crippen molar-refractivity contribution in [3.8, 4) is 11.8 Å². The minimum absolute atomic E-state index is 0.0137. The van der Waals surface area contributed by atoms with E-state index in [1.807, 2.05) is 12.1 Å². The van der Waals surface area contributed by atoms with Crippen LogP contribution in [0, 0.1) is 17.8 Å². The van der Waals surface area contributed by atoms with Gasteiger partial charge in [0.05, 0.1) is 54.2 Å². The molecular formula is C41H44F4N12O4. The molecule has 0 spiro atoms. The highest BCUT2D eigenvalue weighted by Crippen LogP contribution is 2.36. The summed E-state index contributed by atoms with van der Waals surface area (Å²) in [6.07, 6.45) is 5.04. The Morgan fingerprint density at radius 1 is 1.02 bits per heavy atom. The van der Waals surface area contributed by atoms with E-state index in [1.165, 1.54) is 47.9 Å². The SMILES string of the molecule is Cn1c(=O)n(C2CCC(=O)NC2=O)c2cccc(C#CCN3CCN(CC4CCC(n5cc(NC(=O)c6cnn7ccc(N8CC(F)(F)C8)nc67)c(C(F)F)n5)CC4)CC3)c21. The molecule has 9 rings (SSSR count). The molecule has 1 aliphatic carbocycles. The summed E-state index contributed by atoms with van der Waals surface area (Å²) in [5, 5.41) is 13.2. The first-order valence-corrected chi connectivity index (χ1v) is 20.4.